The van der Waals surface area contributed by atoms with E-state index in [9.17, 15) is 8.42 Å². The fraction of sp³-hybridized carbons (Fsp3) is 0.500. The monoisotopic (exact) mass is 337 g/mol. The molecule has 0 aromatic heterocycles. The number of halogens is 2. The van der Waals surface area contributed by atoms with Gasteiger partial charge >= 0.3 is 0 Å². The standard InChI is InChI=1S/C12H17Cl2N3O2S/c1-16(2)20(18,19)15-10-5-6-17(8-10)12-4-3-9(13)7-11(12)14/h3-4,7,10,15H,5-6,8H2,1-2H3. The van der Waals surface area contributed by atoms with E-state index in [1.807, 2.05) is 6.07 Å². The molecule has 1 heterocycles. The maximum atomic E-state index is 11.8. The Kier molecular flexibility index (Phi) is 4.81. The molecule has 1 aromatic rings. The molecule has 1 unspecified atom stereocenters. The van der Waals surface area contributed by atoms with Crippen LogP contribution in [0.4, 0.5) is 5.69 Å². The Morgan fingerprint density at radius 2 is 2.05 bits per heavy atom. The molecule has 0 amide bonds. The summed E-state index contributed by atoms with van der Waals surface area (Å²) >= 11 is 12.0. The summed E-state index contributed by atoms with van der Waals surface area (Å²) in [5, 5.41) is 1.16. The summed E-state index contributed by atoms with van der Waals surface area (Å²) in [5.74, 6) is 0. The van der Waals surface area contributed by atoms with Crippen molar-refractivity contribution in [3.05, 3.63) is 28.2 Å². The van der Waals surface area contributed by atoms with Crippen molar-refractivity contribution in [3.63, 3.8) is 0 Å². The lowest BCUT2D eigenvalue weighted by Gasteiger charge is -2.21. The molecular weight excluding hydrogens is 321 g/mol. The van der Waals surface area contributed by atoms with Gasteiger partial charge in [-0.2, -0.15) is 17.4 Å². The topological polar surface area (TPSA) is 52.7 Å². The number of anilines is 1. The van der Waals surface area contributed by atoms with Crippen molar-refractivity contribution in [2.24, 2.45) is 0 Å². The van der Waals surface area contributed by atoms with Crippen LogP contribution in [0.25, 0.3) is 0 Å². The lowest BCUT2D eigenvalue weighted by Crippen LogP contribution is -2.43. The molecule has 1 atom stereocenters. The van der Waals surface area contributed by atoms with Crippen molar-refractivity contribution >= 4 is 39.1 Å². The first-order valence-corrected chi connectivity index (χ1v) is 8.39. The summed E-state index contributed by atoms with van der Waals surface area (Å²) in [6.07, 6.45) is 0.742. The van der Waals surface area contributed by atoms with Gasteiger partial charge in [-0.15, -0.1) is 0 Å². The number of nitrogens with zero attached hydrogens (tertiary/aromatic N) is 2. The van der Waals surface area contributed by atoms with E-state index in [4.69, 9.17) is 23.2 Å². The van der Waals surface area contributed by atoms with Gasteiger partial charge < -0.3 is 4.90 Å². The minimum atomic E-state index is -3.40. The molecule has 2 rings (SSSR count). The molecule has 8 heteroatoms. The molecule has 1 aliphatic heterocycles. The van der Waals surface area contributed by atoms with Crippen molar-refractivity contribution < 1.29 is 8.42 Å². The SMILES string of the molecule is CN(C)S(=O)(=O)NC1CCN(c2ccc(Cl)cc2Cl)C1. The van der Waals surface area contributed by atoms with E-state index in [0.717, 1.165) is 18.7 Å². The Morgan fingerprint density at radius 1 is 1.35 bits per heavy atom. The summed E-state index contributed by atoms with van der Waals surface area (Å²) < 4.78 is 27.4. The van der Waals surface area contributed by atoms with Crippen LogP contribution in [0, 0.1) is 0 Å². The van der Waals surface area contributed by atoms with Crippen molar-refractivity contribution in [2.75, 3.05) is 32.1 Å². The minimum absolute atomic E-state index is 0.117. The predicted molar refractivity (Wildman–Crippen MR) is 82.8 cm³/mol. The second-order valence-electron chi connectivity index (χ2n) is 4.93. The van der Waals surface area contributed by atoms with Crippen LogP contribution in [-0.2, 0) is 10.2 Å². The van der Waals surface area contributed by atoms with E-state index < -0.39 is 10.2 Å². The van der Waals surface area contributed by atoms with Gasteiger partial charge in [0.2, 0.25) is 0 Å². The van der Waals surface area contributed by atoms with Gasteiger partial charge in [0, 0.05) is 38.2 Å². The highest BCUT2D eigenvalue weighted by Crippen LogP contribution is 2.31. The van der Waals surface area contributed by atoms with Gasteiger partial charge in [-0.05, 0) is 24.6 Å². The average molecular weight is 338 g/mol. The van der Waals surface area contributed by atoms with E-state index >= 15 is 0 Å². The van der Waals surface area contributed by atoms with Crippen LogP contribution in [0.1, 0.15) is 6.42 Å². The molecule has 20 heavy (non-hydrogen) atoms. The molecule has 0 radical (unpaired) electrons. The third-order valence-electron chi connectivity index (χ3n) is 3.23. The van der Waals surface area contributed by atoms with Crippen LogP contribution in [0.3, 0.4) is 0 Å². The molecule has 0 aliphatic carbocycles. The quantitative estimate of drug-likeness (QED) is 0.913. The van der Waals surface area contributed by atoms with E-state index in [0.29, 0.717) is 16.6 Å². The van der Waals surface area contributed by atoms with E-state index in [1.165, 1.54) is 18.4 Å². The molecule has 1 aliphatic rings. The molecule has 1 aromatic carbocycles. The highest BCUT2D eigenvalue weighted by molar-refractivity contribution is 7.87. The predicted octanol–water partition coefficient (Wildman–Crippen LogP) is 1.97. The lowest BCUT2D eigenvalue weighted by atomic mass is 10.3. The van der Waals surface area contributed by atoms with Crippen molar-refractivity contribution in [1.82, 2.24) is 9.03 Å². The largest absolute Gasteiger partial charge is 0.369 e. The summed E-state index contributed by atoms with van der Waals surface area (Å²) in [5.41, 5.74) is 0.877. The molecule has 1 fully saturated rings. The Labute approximate surface area is 129 Å². The fourth-order valence-electron chi connectivity index (χ4n) is 2.13. The van der Waals surface area contributed by atoms with Crippen LogP contribution in [-0.4, -0.2) is 45.9 Å². The summed E-state index contributed by atoms with van der Waals surface area (Å²) in [6.45, 7) is 1.34. The number of hydrogen-bond donors (Lipinski definition) is 1. The minimum Gasteiger partial charge on any atom is -0.369 e. The Morgan fingerprint density at radius 3 is 2.65 bits per heavy atom. The van der Waals surface area contributed by atoms with Crippen molar-refractivity contribution in [2.45, 2.75) is 12.5 Å². The first kappa shape index (κ1) is 15.9. The maximum Gasteiger partial charge on any atom is 0.279 e. The van der Waals surface area contributed by atoms with Gasteiger partial charge in [0.05, 0.1) is 10.7 Å². The summed E-state index contributed by atoms with van der Waals surface area (Å²) in [7, 11) is -0.391. The number of hydrogen-bond acceptors (Lipinski definition) is 3. The zero-order valence-corrected chi connectivity index (χ0v) is 13.6. The van der Waals surface area contributed by atoms with Crippen LogP contribution < -0.4 is 9.62 Å². The van der Waals surface area contributed by atoms with Gasteiger partial charge in [0.1, 0.15) is 0 Å². The first-order chi connectivity index (χ1) is 9.29. The Hall–Kier alpha value is -0.530. The van der Waals surface area contributed by atoms with Crippen LogP contribution in [0.2, 0.25) is 10.0 Å². The average Bonchev–Trinajstić information content (AvgIpc) is 2.76. The normalized spacial score (nSPS) is 19.9. The smallest absolute Gasteiger partial charge is 0.279 e. The van der Waals surface area contributed by atoms with Crippen molar-refractivity contribution in [1.29, 1.82) is 0 Å². The van der Waals surface area contributed by atoms with Gasteiger partial charge in [-0.1, -0.05) is 23.2 Å². The summed E-state index contributed by atoms with van der Waals surface area (Å²) in [4.78, 5) is 2.06. The van der Waals surface area contributed by atoms with Crippen LogP contribution in [0.15, 0.2) is 18.2 Å². The first-order valence-electron chi connectivity index (χ1n) is 6.19. The molecule has 112 valence electrons. The fourth-order valence-corrected chi connectivity index (χ4v) is 3.48. The van der Waals surface area contributed by atoms with Crippen LogP contribution >= 0.6 is 23.2 Å². The highest BCUT2D eigenvalue weighted by atomic mass is 35.5. The van der Waals surface area contributed by atoms with Gasteiger partial charge in [-0.3, -0.25) is 0 Å². The molecule has 1 saturated heterocycles. The van der Waals surface area contributed by atoms with Gasteiger partial charge in [0.15, 0.2) is 0 Å². The zero-order chi connectivity index (χ0) is 14.9. The zero-order valence-electron chi connectivity index (χ0n) is 11.3. The maximum absolute atomic E-state index is 11.8. The number of rotatable bonds is 4. The number of benzene rings is 1. The van der Waals surface area contributed by atoms with Gasteiger partial charge in [0.25, 0.3) is 10.2 Å². The Bertz CT molecular complexity index is 592. The molecule has 0 spiro atoms. The highest BCUT2D eigenvalue weighted by Gasteiger charge is 2.28. The second kappa shape index (κ2) is 6.07. The Balaban J connectivity index is 2.06. The number of nitrogens with one attached hydrogen (secondary N) is 1. The lowest BCUT2D eigenvalue weighted by molar-refractivity contribution is 0.492. The van der Waals surface area contributed by atoms with Crippen molar-refractivity contribution in [3.8, 4) is 0 Å². The summed E-state index contributed by atoms with van der Waals surface area (Å²) in [6, 6.07) is 5.21. The third-order valence-corrected chi connectivity index (χ3v) is 5.37. The van der Waals surface area contributed by atoms with Crippen LogP contribution in [0.5, 0.6) is 0 Å². The van der Waals surface area contributed by atoms with Gasteiger partial charge in [-0.25, -0.2) is 0 Å². The van der Waals surface area contributed by atoms with E-state index in [1.54, 1.807) is 12.1 Å². The third kappa shape index (κ3) is 3.56. The second-order valence-corrected chi connectivity index (χ2v) is 7.69. The van der Waals surface area contributed by atoms with E-state index in [-0.39, 0.29) is 6.04 Å². The molecule has 5 nitrogen and oxygen atoms in total. The molecule has 1 N–H and O–H groups in total. The van der Waals surface area contributed by atoms with E-state index in [2.05, 4.69) is 9.62 Å². The molecule has 0 bridgehead atoms. The molecular formula is C12H17Cl2N3O2S. The molecule has 0 saturated carbocycles.